The molecule has 1 aliphatic rings. The largest absolute Gasteiger partial charge is 0.394 e. The average Bonchev–Trinajstić information content (AvgIpc) is 2.42. The second kappa shape index (κ2) is 1.72. The molecule has 2 unspecified atom stereocenters. The lowest BCUT2D eigenvalue weighted by atomic mass is 10.3. The highest BCUT2D eigenvalue weighted by Gasteiger charge is 2.42. The second-order valence-corrected chi connectivity index (χ2v) is 1.68. The van der Waals surface area contributed by atoms with E-state index in [2.05, 4.69) is 4.74 Å². The van der Waals surface area contributed by atoms with Gasteiger partial charge in [0.15, 0.2) is 6.10 Å². The SMILES string of the molecule is NC(=O)C1OC1CO. The fourth-order valence-electron chi connectivity index (χ4n) is 0.532. The van der Waals surface area contributed by atoms with Crippen molar-refractivity contribution in [2.24, 2.45) is 5.73 Å². The van der Waals surface area contributed by atoms with E-state index in [4.69, 9.17) is 10.8 Å². The summed E-state index contributed by atoms with van der Waals surface area (Å²) < 4.78 is 4.60. The van der Waals surface area contributed by atoms with E-state index in [1.807, 2.05) is 0 Å². The molecule has 3 N–H and O–H groups in total. The standard InChI is InChI=1S/C4H7NO3/c5-4(7)3-2(1-6)8-3/h2-3,6H,1H2,(H2,5,7). The summed E-state index contributed by atoms with van der Waals surface area (Å²) in [4.78, 5) is 10.1. The molecule has 1 rings (SSSR count). The first-order valence-electron chi connectivity index (χ1n) is 2.31. The molecule has 0 aromatic carbocycles. The Kier molecular flexibility index (Phi) is 1.19. The van der Waals surface area contributed by atoms with Gasteiger partial charge in [0.25, 0.3) is 0 Å². The van der Waals surface area contributed by atoms with Crippen molar-refractivity contribution in [2.45, 2.75) is 12.2 Å². The van der Waals surface area contributed by atoms with E-state index in [0.717, 1.165) is 0 Å². The summed E-state index contributed by atoms with van der Waals surface area (Å²) in [6, 6.07) is 0. The molecule has 0 bridgehead atoms. The van der Waals surface area contributed by atoms with Crippen molar-refractivity contribution >= 4 is 5.91 Å². The van der Waals surface area contributed by atoms with Crippen LogP contribution in [0.5, 0.6) is 0 Å². The predicted octanol–water partition coefficient (Wildman–Crippen LogP) is -1.77. The average molecular weight is 117 g/mol. The van der Waals surface area contributed by atoms with Crippen LogP contribution in [0.25, 0.3) is 0 Å². The van der Waals surface area contributed by atoms with Crippen LogP contribution in [0.3, 0.4) is 0 Å². The van der Waals surface area contributed by atoms with Gasteiger partial charge in [0.2, 0.25) is 5.91 Å². The zero-order valence-electron chi connectivity index (χ0n) is 4.20. The molecular formula is C4H7NO3. The van der Waals surface area contributed by atoms with Crippen LogP contribution in [0.15, 0.2) is 0 Å². The second-order valence-electron chi connectivity index (χ2n) is 1.68. The Morgan fingerprint density at radius 3 is 2.62 bits per heavy atom. The van der Waals surface area contributed by atoms with Crippen molar-refractivity contribution in [1.82, 2.24) is 0 Å². The van der Waals surface area contributed by atoms with Crippen LogP contribution in [0, 0.1) is 0 Å². The van der Waals surface area contributed by atoms with Gasteiger partial charge >= 0.3 is 0 Å². The van der Waals surface area contributed by atoms with E-state index >= 15 is 0 Å². The lowest BCUT2D eigenvalue weighted by Crippen LogP contribution is -2.20. The molecule has 1 amide bonds. The minimum absolute atomic E-state index is 0.117. The van der Waals surface area contributed by atoms with Crippen LogP contribution in [0.4, 0.5) is 0 Å². The van der Waals surface area contributed by atoms with Gasteiger partial charge in [-0.15, -0.1) is 0 Å². The van der Waals surface area contributed by atoms with Gasteiger partial charge in [-0.25, -0.2) is 0 Å². The number of hydrogen-bond acceptors (Lipinski definition) is 3. The summed E-state index contributed by atoms with van der Waals surface area (Å²) in [5.74, 6) is -0.496. The predicted molar refractivity (Wildman–Crippen MR) is 24.9 cm³/mol. The molecule has 2 atom stereocenters. The third-order valence-electron chi connectivity index (χ3n) is 1.04. The van der Waals surface area contributed by atoms with Crippen molar-refractivity contribution in [3.05, 3.63) is 0 Å². The Bertz CT molecular complexity index is 114. The van der Waals surface area contributed by atoms with Gasteiger partial charge in [0.05, 0.1) is 6.61 Å². The molecule has 8 heavy (non-hydrogen) atoms. The topological polar surface area (TPSA) is 75.9 Å². The normalized spacial score (nSPS) is 34.6. The van der Waals surface area contributed by atoms with Crippen LogP contribution in [0.1, 0.15) is 0 Å². The Labute approximate surface area is 46.2 Å². The maximum Gasteiger partial charge on any atom is 0.249 e. The van der Waals surface area contributed by atoms with E-state index in [-0.39, 0.29) is 12.7 Å². The first-order valence-corrected chi connectivity index (χ1v) is 2.31. The highest BCUT2D eigenvalue weighted by atomic mass is 16.6. The zero-order chi connectivity index (χ0) is 6.15. The first kappa shape index (κ1) is 5.53. The monoisotopic (exact) mass is 117 g/mol. The third-order valence-corrected chi connectivity index (χ3v) is 1.04. The highest BCUT2D eigenvalue weighted by molar-refractivity contribution is 5.81. The summed E-state index contributed by atoms with van der Waals surface area (Å²) >= 11 is 0. The van der Waals surface area contributed by atoms with E-state index in [1.165, 1.54) is 0 Å². The Morgan fingerprint density at radius 1 is 1.88 bits per heavy atom. The molecule has 0 saturated carbocycles. The number of aliphatic hydroxyl groups is 1. The lowest BCUT2D eigenvalue weighted by molar-refractivity contribution is -0.119. The van der Waals surface area contributed by atoms with Crippen LogP contribution >= 0.6 is 0 Å². The van der Waals surface area contributed by atoms with Gasteiger partial charge in [-0.3, -0.25) is 4.79 Å². The summed E-state index contributed by atoms with van der Waals surface area (Å²) in [6.07, 6.45) is -0.854. The van der Waals surface area contributed by atoms with Crippen molar-refractivity contribution in [3.63, 3.8) is 0 Å². The van der Waals surface area contributed by atoms with Crippen LogP contribution in [-0.2, 0) is 9.53 Å². The van der Waals surface area contributed by atoms with E-state index in [0.29, 0.717) is 0 Å². The highest BCUT2D eigenvalue weighted by Crippen LogP contribution is 2.19. The summed E-state index contributed by atoms with van der Waals surface area (Å²) in [5.41, 5.74) is 4.79. The zero-order valence-corrected chi connectivity index (χ0v) is 4.20. The molecule has 0 aliphatic carbocycles. The number of carbonyl (C=O) groups excluding carboxylic acids is 1. The number of hydrogen-bond donors (Lipinski definition) is 2. The maximum absolute atomic E-state index is 10.1. The number of rotatable bonds is 2. The molecule has 4 nitrogen and oxygen atoms in total. The molecule has 46 valence electrons. The van der Waals surface area contributed by atoms with Gasteiger partial charge < -0.3 is 15.6 Å². The van der Waals surface area contributed by atoms with Gasteiger partial charge in [-0.1, -0.05) is 0 Å². The minimum Gasteiger partial charge on any atom is -0.394 e. The summed E-state index contributed by atoms with van der Waals surface area (Å²) in [6.45, 7) is -0.117. The number of aliphatic hydroxyl groups excluding tert-OH is 1. The molecule has 0 radical (unpaired) electrons. The summed E-state index contributed by atoms with van der Waals surface area (Å²) in [7, 11) is 0. The van der Waals surface area contributed by atoms with Gasteiger partial charge in [0, 0.05) is 0 Å². The number of ether oxygens (including phenoxy) is 1. The van der Waals surface area contributed by atoms with Crippen molar-refractivity contribution in [2.75, 3.05) is 6.61 Å². The van der Waals surface area contributed by atoms with Crippen molar-refractivity contribution in [3.8, 4) is 0 Å². The van der Waals surface area contributed by atoms with Gasteiger partial charge in [0.1, 0.15) is 6.10 Å². The van der Waals surface area contributed by atoms with Crippen LogP contribution in [0.2, 0.25) is 0 Å². The molecule has 1 heterocycles. The minimum atomic E-state index is -0.528. The molecule has 0 aromatic heterocycles. The lowest BCUT2D eigenvalue weighted by Gasteiger charge is -1.79. The van der Waals surface area contributed by atoms with Crippen molar-refractivity contribution < 1.29 is 14.6 Å². The van der Waals surface area contributed by atoms with Crippen LogP contribution in [-0.4, -0.2) is 29.8 Å². The number of epoxide rings is 1. The van der Waals surface area contributed by atoms with Gasteiger partial charge in [-0.05, 0) is 0 Å². The molecule has 4 heteroatoms. The maximum atomic E-state index is 10.1. The summed E-state index contributed by atoms with van der Waals surface area (Å²) in [5, 5.41) is 8.29. The number of primary amides is 1. The smallest absolute Gasteiger partial charge is 0.249 e. The van der Waals surface area contributed by atoms with E-state index in [1.54, 1.807) is 0 Å². The Balaban J connectivity index is 2.26. The Hall–Kier alpha value is -0.610. The quantitative estimate of drug-likeness (QED) is 0.420. The van der Waals surface area contributed by atoms with E-state index in [9.17, 15) is 4.79 Å². The first-order chi connectivity index (χ1) is 3.75. The molecule has 0 aromatic rings. The van der Waals surface area contributed by atoms with Gasteiger partial charge in [-0.2, -0.15) is 0 Å². The number of carbonyl (C=O) groups is 1. The molecular weight excluding hydrogens is 110 g/mol. The Morgan fingerprint density at radius 2 is 2.50 bits per heavy atom. The molecule has 1 fully saturated rings. The van der Waals surface area contributed by atoms with Crippen LogP contribution < -0.4 is 5.73 Å². The number of amides is 1. The third kappa shape index (κ3) is 0.801. The number of nitrogens with two attached hydrogens (primary N) is 1. The molecule has 0 spiro atoms. The van der Waals surface area contributed by atoms with Crippen molar-refractivity contribution in [1.29, 1.82) is 0 Å². The molecule has 1 aliphatic heterocycles. The fourth-order valence-corrected chi connectivity index (χ4v) is 0.532. The fraction of sp³-hybridized carbons (Fsp3) is 0.750. The van der Waals surface area contributed by atoms with E-state index < -0.39 is 12.0 Å². The molecule has 1 saturated heterocycles.